The van der Waals surface area contributed by atoms with Crippen molar-refractivity contribution in [2.45, 2.75) is 6.42 Å². The smallest absolute Gasteiger partial charge is 0.263 e. The standard InChI is InChI=1S/C13H10ClNO3S2/c14-8-4-7(6-10-12(16)15-13(19)20-10)5-9-11(8)18-3-1-2-17-9/h4-6H,1-3H2,(H,15,16,19)/b10-6-. The van der Waals surface area contributed by atoms with Crippen molar-refractivity contribution in [2.75, 3.05) is 13.2 Å². The maximum atomic E-state index is 11.6. The van der Waals surface area contributed by atoms with Crippen LogP contribution in [-0.4, -0.2) is 23.4 Å². The summed E-state index contributed by atoms with van der Waals surface area (Å²) in [6.07, 6.45) is 2.55. The lowest BCUT2D eigenvalue weighted by molar-refractivity contribution is -0.115. The molecule has 7 heteroatoms. The monoisotopic (exact) mass is 327 g/mol. The predicted octanol–water partition coefficient (Wildman–Crippen LogP) is 2.99. The molecule has 0 spiro atoms. The average molecular weight is 328 g/mol. The summed E-state index contributed by atoms with van der Waals surface area (Å²) in [5.74, 6) is 0.974. The molecule has 0 radical (unpaired) electrons. The van der Waals surface area contributed by atoms with Gasteiger partial charge in [-0.2, -0.15) is 0 Å². The Bertz CT molecular complexity index is 630. The largest absolute Gasteiger partial charge is 0.489 e. The highest BCUT2D eigenvalue weighted by Gasteiger charge is 2.22. The highest BCUT2D eigenvalue weighted by molar-refractivity contribution is 8.26. The number of benzene rings is 1. The van der Waals surface area contributed by atoms with E-state index in [0.29, 0.717) is 39.0 Å². The van der Waals surface area contributed by atoms with Crippen LogP contribution in [0.1, 0.15) is 12.0 Å². The first-order valence-electron chi connectivity index (χ1n) is 5.97. The molecule has 20 heavy (non-hydrogen) atoms. The fraction of sp³-hybridized carbons (Fsp3) is 0.231. The molecule has 2 aliphatic rings. The van der Waals surface area contributed by atoms with Gasteiger partial charge in [-0.05, 0) is 23.8 Å². The summed E-state index contributed by atoms with van der Waals surface area (Å²) in [5, 5.41) is 3.05. The number of ether oxygens (including phenoxy) is 2. The van der Waals surface area contributed by atoms with Crippen molar-refractivity contribution in [3.05, 3.63) is 27.6 Å². The van der Waals surface area contributed by atoms with Crippen LogP contribution in [0.25, 0.3) is 6.08 Å². The number of fused-ring (bicyclic) bond motifs is 1. The molecule has 0 bridgehead atoms. The third kappa shape index (κ3) is 2.77. The van der Waals surface area contributed by atoms with Gasteiger partial charge in [-0.25, -0.2) is 0 Å². The number of thioether (sulfide) groups is 1. The van der Waals surface area contributed by atoms with E-state index in [-0.39, 0.29) is 5.91 Å². The zero-order valence-electron chi connectivity index (χ0n) is 10.3. The second kappa shape index (κ2) is 5.63. The van der Waals surface area contributed by atoms with E-state index >= 15 is 0 Å². The van der Waals surface area contributed by atoms with Gasteiger partial charge in [0.1, 0.15) is 4.32 Å². The second-order valence-electron chi connectivity index (χ2n) is 4.23. The average Bonchev–Trinajstić information content (AvgIpc) is 2.61. The van der Waals surface area contributed by atoms with Gasteiger partial charge in [0, 0.05) is 6.42 Å². The molecule has 2 heterocycles. The van der Waals surface area contributed by atoms with Crippen molar-refractivity contribution < 1.29 is 14.3 Å². The molecule has 3 rings (SSSR count). The molecular formula is C13H10ClNO3S2. The number of thiocarbonyl (C=S) groups is 1. The molecule has 1 amide bonds. The Morgan fingerprint density at radius 3 is 2.90 bits per heavy atom. The number of carbonyl (C=O) groups excluding carboxylic acids is 1. The summed E-state index contributed by atoms with van der Waals surface area (Å²) in [6.45, 7) is 1.17. The van der Waals surface area contributed by atoms with Crippen molar-refractivity contribution in [3.63, 3.8) is 0 Å². The van der Waals surface area contributed by atoms with Crippen LogP contribution in [0.2, 0.25) is 5.02 Å². The molecule has 0 atom stereocenters. The summed E-state index contributed by atoms with van der Waals surface area (Å²) in [5.41, 5.74) is 0.779. The van der Waals surface area contributed by atoms with Gasteiger partial charge in [0.25, 0.3) is 5.91 Å². The van der Waals surface area contributed by atoms with Gasteiger partial charge in [0.2, 0.25) is 0 Å². The van der Waals surface area contributed by atoms with Crippen LogP contribution in [0.5, 0.6) is 11.5 Å². The van der Waals surface area contributed by atoms with E-state index < -0.39 is 0 Å². The Hall–Kier alpha value is -1.24. The molecule has 2 aliphatic heterocycles. The third-order valence-electron chi connectivity index (χ3n) is 2.76. The third-order valence-corrected chi connectivity index (χ3v) is 4.21. The Morgan fingerprint density at radius 2 is 2.15 bits per heavy atom. The van der Waals surface area contributed by atoms with Crippen LogP contribution in [0.4, 0.5) is 0 Å². The minimum atomic E-state index is -0.191. The summed E-state index contributed by atoms with van der Waals surface area (Å²) in [4.78, 5) is 12.2. The maximum absolute atomic E-state index is 11.6. The van der Waals surface area contributed by atoms with Crippen LogP contribution >= 0.6 is 35.6 Å². The fourth-order valence-corrected chi connectivity index (χ4v) is 3.22. The summed E-state index contributed by atoms with van der Waals surface area (Å²) < 4.78 is 11.6. The summed E-state index contributed by atoms with van der Waals surface area (Å²) in [6, 6.07) is 3.56. The molecule has 1 saturated heterocycles. The van der Waals surface area contributed by atoms with Crippen molar-refractivity contribution in [1.82, 2.24) is 5.32 Å². The number of hydrogen-bond donors (Lipinski definition) is 1. The number of hydrogen-bond acceptors (Lipinski definition) is 5. The van der Waals surface area contributed by atoms with E-state index in [4.69, 9.17) is 33.3 Å². The normalized spacial score (nSPS) is 19.9. The zero-order chi connectivity index (χ0) is 14.1. The number of halogens is 1. The molecule has 1 fully saturated rings. The van der Waals surface area contributed by atoms with Crippen molar-refractivity contribution in [2.24, 2.45) is 0 Å². The van der Waals surface area contributed by atoms with Crippen molar-refractivity contribution in [1.29, 1.82) is 0 Å². The minimum absolute atomic E-state index is 0.191. The van der Waals surface area contributed by atoms with E-state index in [2.05, 4.69) is 5.32 Å². The van der Waals surface area contributed by atoms with Crippen LogP contribution in [0.15, 0.2) is 17.0 Å². The maximum Gasteiger partial charge on any atom is 0.263 e. The number of nitrogens with one attached hydrogen (secondary N) is 1. The minimum Gasteiger partial charge on any atom is -0.489 e. The molecule has 0 aromatic heterocycles. The van der Waals surface area contributed by atoms with E-state index in [0.717, 1.165) is 12.0 Å². The lowest BCUT2D eigenvalue weighted by Gasteiger charge is -2.10. The lowest BCUT2D eigenvalue weighted by atomic mass is 10.2. The van der Waals surface area contributed by atoms with E-state index in [9.17, 15) is 4.79 Å². The first-order valence-corrected chi connectivity index (χ1v) is 7.58. The molecule has 1 aromatic rings. The Kier molecular flexibility index (Phi) is 3.87. The lowest BCUT2D eigenvalue weighted by Crippen LogP contribution is -2.17. The molecule has 1 aromatic carbocycles. The molecule has 0 saturated carbocycles. The van der Waals surface area contributed by atoms with Gasteiger partial charge in [-0.3, -0.25) is 4.79 Å². The molecule has 0 aliphatic carbocycles. The Morgan fingerprint density at radius 1 is 1.35 bits per heavy atom. The summed E-state index contributed by atoms with van der Waals surface area (Å²) >= 11 is 12.4. The zero-order valence-corrected chi connectivity index (χ0v) is 12.7. The highest BCUT2D eigenvalue weighted by Crippen LogP contribution is 2.39. The van der Waals surface area contributed by atoms with E-state index in [1.54, 1.807) is 12.1 Å². The molecule has 1 N–H and O–H groups in total. The molecular weight excluding hydrogens is 318 g/mol. The van der Waals surface area contributed by atoms with Gasteiger partial charge >= 0.3 is 0 Å². The van der Waals surface area contributed by atoms with Crippen LogP contribution in [0, 0.1) is 0 Å². The topological polar surface area (TPSA) is 47.6 Å². The van der Waals surface area contributed by atoms with E-state index in [1.807, 2.05) is 6.07 Å². The Balaban J connectivity index is 1.97. The molecule has 4 nitrogen and oxygen atoms in total. The van der Waals surface area contributed by atoms with Crippen molar-refractivity contribution in [3.8, 4) is 11.5 Å². The molecule has 0 unspecified atom stereocenters. The number of carbonyl (C=O) groups is 1. The Labute approximate surface area is 130 Å². The van der Waals surface area contributed by atoms with Crippen molar-refractivity contribution >= 4 is 51.9 Å². The van der Waals surface area contributed by atoms with Crippen LogP contribution in [0.3, 0.4) is 0 Å². The van der Waals surface area contributed by atoms with Gasteiger partial charge in [-0.15, -0.1) is 0 Å². The highest BCUT2D eigenvalue weighted by atomic mass is 35.5. The van der Waals surface area contributed by atoms with Gasteiger partial charge in [0.15, 0.2) is 11.5 Å². The van der Waals surface area contributed by atoms with Gasteiger partial charge < -0.3 is 14.8 Å². The number of amides is 1. The quantitative estimate of drug-likeness (QED) is 0.634. The summed E-state index contributed by atoms with van der Waals surface area (Å²) in [7, 11) is 0. The van der Waals surface area contributed by atoms with E-state index in [1.165, 1.54) is 11.8 Å². The van der Waals surface area contributed by atoms with Crippen LogP contribution in [-0.2, 0) is 4.79 Å². The first-order chi connectivity index (χ1) is 9.63. The number of rotatable bonds is 1. The van der Waals surface area contributed by atoms with Gasteiger partial charge in [-0.1, -0.05) is 35.6 Å². The fourth-order valence-electron chi connectivity index (χ4n) is 1.91. The predicted molar refractivity (Wildman–Crippen MR) is 83.4 cm³/mol. The van der Waals surface area contributed by atoms with Gasteiger partial charge in [0.05, 0.1) is 23.1 Å². The second-order valence-corrected chi connectivity index (χ2v) is 6.36. The molecule has 104 valence electrons. The SMILES string of the molecule is O=C1NC(=S)S/C1=C\c1cc(Cl)c2c(c1)OCCCO2. The van der Waals surface area contributed by atoms with Crippen LogP contribution < -0.4 is 14.8 Å². The first kappa shape index (κ1) is 13.7.